The highest BCUT2D eigenvalue weighted by molar-refractivity contribution is 9.10. The van der Waals surface area contributed by atoms with Crippen molar-refractivity contribution < 1.29 is 14.8 Å². The van der Waals surface area contributed by atoms with Crippen molar-refractivity contribution in [1.29, 1.82) is 0 Å². The summed E-state index contributed by atoms with van der Waals surface area (Å²) < 4.78 is 0.754. The zero-order valence-corrected chi connectivity index (χ0v) is 13.5. The standard InChI is InChI=1S/C16H8BrN3O4/c17-7-1-4-11-10(5-7)15(21)14(18-11)13-9-3-2-8(20(23)24)6-12(9)19-16(13)22/h1-6,19,22H. The number of nitrogens with one attached hydrogen (secondary N) is 1. The molecule has 7 nitrogen and oxygen atoms in total. The van der Waals surface area contributed by atoms with Crippen molar-refractivity contribution in [3.8, 4) is 5.88 Å². The van der Waals surface area contributed by atoms with Gasteiger partial charge in [-0.3, -0.25) is 14.9 Å². The van der Waals surface area contributed by atoms with Crippen molar-refractivity contribution in [1.82, 2.24) is 4.98 Å². The Kier molecular flexibility index (Phi) is 3.04. The van der Waals surface area contributed by atoms with E-state index in [-0.39, 0.29) is 28.6 Å². The number of aromatic nitrogens is 1. The van der Waals surface area contributed by atoms with Gasteiger partial charge in [0, 0.05) is 22.0 Å². The highest BCUT2D eigenvalue weighted by Gasteiger charge is 2.30. The number of rotatable bonds is 2. The number of non-ortho nitro benzene ring substituents is 1. The molecule has 2 N–H and O–H groups in total. The monoisotopic (exact) mass is 385 g/mol. The Hall–Kier alpha value is -3.00. The molecule has 4 rings (SSSR count). The van der Waals surface area contributed by atoms with Crippen molar-refractivity contribution in [3.05, 3.63) is 62.1 Å². The fourth-order valence-corrected chi connectivity index (χ4v) is 3.14. The number of H-pyrrole nitrogens is 1. The fraction of sp³-hybridized carbons (Fsp3) is 0. The average molecular weight is 386 g/mol. The molecule has 0 fully saturated rings. The Bertz CT molecular complexity index is 1080. The van der Waals surface area contributed by atoms with E-state index in [1.165, 1.54) is 18.2 Å². The number of nitrogens with zero attached hydrogens (tertiary/aromatic N) is 2. The summed E-state index contributed by atoms with van der Waals surface area (Å²) in [6.07, 6.45) is 0. The third kappa shape index (κ3) is 2.04. The molecule has 0 saturated carbocycles. The van der Waals surface area contributed by atoms with Crippen LogP contribution in [0.4, 0.5) is 11.4 Å². The number of aromatic amines is 1. The molecule has 0 aliphatic carbocycles. The van der Waals surface area contributed by atoms with Gasteiger partial charge in [0.15, 0.2) is 5.88 Å². The number of carbonyl (C=O) groups is 1. The topological polar surface area (TPSA) is 109 Å². The minimum atomic E-state index is -0.525. The third-order valence-corrected chi connectivity index (χ3v) is 4.35. The van der Waals surface area contributed by atoms with Gasteiger partial charge in [-0.25, -0.2) is 4.99 Å². The quantitative estimate of drug-likeness (QED) is 0.515. The van der Waals surface area contributed by atoms with Crippen LogP contribution in [0.15, 0.2) is 45.9 Å². The van der Waals surface area contributed by atoms with E-state index in [0.29, 0.717) is 22.2 Å². The van der Waals surface area contributed by atoms with E-state index >= 15 is 0 Å². The number of halogens is 1. The van der Waals surface area contributed by atoms with E-state index < -0.39 is 4.92 Å². The highest BCUT2D eigenvalue weighted by Crippen LogP contribution is 2.37. The minimum absolute atomic E-state index is 0.109. The number of fused-ring (bicyclic) bond motifs is 2. The zero-order valence-electron chi connectivity index (χ0n) is 11.9. The maximum Gasteiger partial charge on any atom is 0.271 e. The maximum atomic E-state index is 12.6. The molecule has 1 aromatic heterocycles. The van der Waals surface area contributed by atoms with E-state index in [9.17, 15) is 20.0 Å². The summed E-state index contributed by atoms with van der Waals surface area (Å²) in [6.45, 7) is 0. The molecule has 1 aliphatic heterocycles. The van der Waals surface area contributed by atoms with Crippen LogP contribution in [-0.4, -0.2) is 26.5 Å². The molecule has 0 amide bonds. The first-order valence-electron chi connectivity index (χ1n) is 6.88. The van der Waals surface area contributed by atoms with Crippen LogP contribution in [0.5, 0.6) is 5.88 Å². The predicted octanol–water partition coefficient (Wildman–Crippen LogP) is 3.86. The van der Waals surface area contributed by atoms with Crippen molar-refractivity contribution in [2.45, 2.75) is 0 Å². The van der Waals surface area contributed by atoms with Gasteiger partial charge in [-0.1, -0.05) is 15.9 Å². The molecule has 2 aromatic carbocycles. The zero-order chi connectivity index (χ0) is 17.0. The van der Waals surface area contributed by atoms with Crippen LogP contribution in [0, 0.1) is 10.1 Å². The van der Waals surface area contributed by atoms with Gasteiger partial charge in [-0.05, 0) is 24.3 Å². The molecule has 0 atom stereocenters. The number of aromatic hydroxyl groups is 1. The second kappa shape index (κ2) is 5.00. The first-order chi connectivity index (χ1) is 11.5. The lowest BCUT2D eigenvalue weighted by molar-refractivity contribution is -0.384. The van der Waals surface area contributed by atoms with Gasteiger partial charge in [0.05, 0.1) is 27.3 Å². The molecule has 8 heteroatoms. The Morgan fingerprint density at radius 3 is 2.75 bits per heavy atom. The van der Waals surface area contributed by atoms with Crippen LogP contribution in [0.1, 0.15) is 15.9 Å². The lowest BCUT2D eigenvalue weighted by Crippen LogP contribution is -2.10. The van der Waals surface area contributed by atoms with Crippen molar-refractivity contribution in [2.24, 2.45) is 4.99 Å². The number of benzene rings is 2. The Labute approximate surface area is 142 Å². The average Bonchev–Trinajstić information content (AvgIpc) is 3.03. The van der Waals surface area contributed by atoms with Crippen LogP contribution in [0.25, 0.3) is 10.9 Å². The van der Waals surface area contributed by atoms with E-state index in [2.05, 4.69) is 25.9 Å². The summed E-state index contributed by atoms with van der Waals surface area (Å²) in [5.74, 6) is -0.551. The lowest BCUT2D eigenvalue weighted by Gasteiger charge is -1.99. The number of carbonyl (C=O) groups excluding carboxylic acids is 1. The Morgan fingerprint density at radius 1 is 1.21 bits per heavy atom. The van der Waals surface area contributed by atoms with Crippen LogP contribution in [-0.2, 0) is 0 Å². The van der Waals surface area contributed by atoms with Gasteiger partial charge in [-0.2, -0.15) is 0 Å². The first-order valence-corrected chi connectivity index (χ1v) is 7.67. The highest BCUT2D eigenvalue weighted by atomic mass is 79.9. The number of hydrogen-bond donors (Lipinski definition) is 2. The van der Waals surface area contributed by atoms with Gasteiger partial charge in [0.2, 0.25) is 5.78 Å². The molecule has 118 valence electrons. The summed E-state index contributed by atoms with van der Waals surface area (Å²) in [7, 11) is 0. The molecule has 24 heavy (non-hydrogen) atoms. The molecule has 1 aliphatic rings. The Morgan fingerprint density at radius 2 is 2.00 bits per heavy atom. The molecule has 0 saturated heterocycles. The second-order valence-corrected chi connectivity index (χ2v) is 6.20. The molecular formula is C16H8BrN3O4. The van der Waals surface area contributed by atoms with Crippen LogP contribution >= 0.6 is 15.9 Å². The van der Waals surface area contributed by atoms with Crippen molar-refractivity contribution in [2.75, 3.05) is 0 Å². The fourth-order valence-electron chi connectivity index (χ4n) is 2.78. The van der Waals surface area contributed by atoms with Crippen LogP contribution < -0.4 is 0 Å². The smallest absolute Gasteiger partial charge is 0.271 e. The predicted molar refractivity (Wildman–Crippen MR) is 91.3 cm³/mol. The molecule has 0 spiro atoms. The molecule has 3 aromatic rings. The number of nitro groups is 1. The van der Waals surface area contributed by atoms with E-state index in [1.807, 2.05) is 0 Å². The van der Waals surface area contributed by atoms with Crippen LogP contribution in [0.3, 0.4) is 0 Å². The number of aliphatic imine (C=N–C) groups is 1. The number of hydrogen-bond acceptors (Lipinski definition) is 5. The van der Waals surface area contributed by atoms with E-state index in [0.717, 1.165) is 4.47 Å². The van der Waals surface area contributed by atoms with Crippen molar-refractivity contribution >= 4 is 49.7 Å². The van der Waals surface area contributed by atoms with Gasteiger partial charge in [-0.15, -0.1) is 0 Å². The first kappa shape index (κ1) is 14.6. The summed E-state index contributed by atoms with van der Waals surface area (Å²) in [6, 6.07) is 9.28. The third-order valence-electron chi connectivity index (χ3n) is 3.86. The maximum absolute atomic E-state index is 12.6. The molecule has 2 heterocycles. The summed E-state index contributed by atoms with van der Waals surface area (Å²) in [5, 5.41) is 21.6. The molecule has 0 radical (unpaired) electrons. The SMILES string of the molecule is O=C1C(c2c(O)[nH]c3cc([N+](=O)[O-])ccc23)=Nc2ccc(Br)cc21. The van der Waals surface area contributed by atoms with Crippen molar-refractivity contribution in [3.63, 3.8) is 0 Å². The van der Waals surface area contributed by atoms with Crippen LogP contribution in [0.2, 0.25) is 0 Å². The second-order valence-electron chi connectivity index (χ2n) is 5.29. The van der Waals surface area contributed by atoms with E-state index in [1.54, 1.807) is 18.2 Å². The van der Waals surface area contributed by atoms with Gasteiger partial charge in [0.1, 0.15) is 5.71 Å². The summed E-state index contributed by atoms with van der Waals surface area (Å²) in [5.41, 5.74) is 1.58. The number of nitro benzene ring substituents is 1. The molecule has 0 bridgehead atoms. The molecular weight excluding hydrogens is 378 g/mol. The minimum Gasteiger partial charge on any atom is -0.494 e. The normalized spacial score (nSPS) is 13.2. The number of ketones is 1. The van der Waals surface area contributed by atoms with Gasteiger partial charge >= 0.3 is 0 Å². The molecule has 0 unspecified atom stereocenters. The summed E-state index contributed by atoms with van der Waals surface area (Å²) >= 11 is 3.31. The van der Waals surface area contributed by atoms with Gasteiger partial charge in [0.25, 0.3) is 5.69 Å². The lowest BCUT2D eigenvalue weighted by atomic mass is 10.0. The largest absolute Gasteiger partial charge is 0.494 e. The summed E-state index contributed by atoms with van der Waals surface area (Å²) in [4.78, 5) is 30.0. The van der Waals surface area contributed by atoms with E-state index in [4.69, 9.17) is 0 Å². The van der Waals surface area contributed by atoms with Gasteiger partial charge < -0.3 is 10.1 Å². The Balaban J connectivity index is 1.91. The number of Topliss-reactive ketones (excluding diaryl/α,β-unsaturated/α-hetero) is 1.